The number of halogens is 1. The van der Waals surface area contributed by atoms with Gasteiger partial charge in [0, 0.05) is 36.8 Å². The molecule has 1 saturated heterocycles. The normalized spacial score (nSPS) is 15.8. The van der Waals surface area contributed by atoms with Crippen LogP contribution in [-0.4, -0.2) is 35.7 Å². The van der Waals surface area contributed by atoms with Crippen molar-refractivity contribution in [2.75, 3.05) is 29.5 Å². The molecule has 8 heteroatoms. The van der Waals surface area contributed by atoms with Gasteiger partial charge in [-0.15, -0.1) is 0 Å². The minimum Gasteiger partial charge on any atom is -0.397 e. The third-order valence-corrected chi connectivity index (χ3v) is 6.97. The highest BCUT2D eigenvalue weighted by Gasteiger charge is 2.30. The molecule has 1 aliphatic rings. The van der Waals surface area contributed by atoms with Crippen molar-refractivity contribution in [1.29, 1.82) is 0 Å². The number of hydrogen-bond acceptors (Lipinski definition) is 4. The fraction of sp³-hybridized carbons (Fsp3) is 0.233. The highest BCUT2D eigenvalue weighted by Crippen LogP contribution is 2.31. The van der Waals surface area contributed by atoms with Crippen molar-refractivity contribution in [2.24, 2.45) is 5.92 Å². The van der Waals surface area contributed by atoms with Crippen molar-refractivity contribution in [1.82, 2.24) is 4.90 Å². The first kappa shape index (κ1) is 26.9. The molecule has 0 spiro atoms. The summed E-state index contributed by atoms with van der Waals surface area (Å²) in [5.41, 5.74) is 9.31. The van der Waals surface area contributed by atoms with Gasteiger partial charge in [-0.2, -0.15) is 0 Å². The Hall–Kier alpha value is -4.10. The van der Waals surface area contributed by atoms with Crippen LogP contribution in [0.4, 0.5) is 17.1 Å². The summed E-state index contributed by atoms with van der Waals surface area (Å²) in [5.74, 6) is -0.511. The molecule has 4 N–H and O–H groups in total. The number of carbonyl (C=O) groups is 3. The zero-order chi connectivity index (χ0) is 27.1. The predicted octanol–water partition coefficient (Wildman–Crippen LogP) is 5.55. The Morgan fingerprint density at radius 1 is 1.03 bits per heavy atom. The number of likely N-dealkylation sites (tertiary alicyclic amines) is 1. The van der Waals surface area contributed by atoms with Gasteiger partial charge in [0.25, 0.3) is 0 Å². The number of hydrogen-bond donors (Lipinski definition) is 3. The van der Waals surface area contributed by atoms with Crippen molar-refractivity contribution in [3.8, 4) is 0 Å². The van der Waals surface area contributed by atoms with E-state index in [2.05, 4.69) is 10.6 Å². The average Bonchev–Trinajstić information content (AvgIpc) is 3.38. The first-order valence-electron chi connectivity index (χ1n) is 12.5. The third kappa shape index (κ3) is 7.23. The Bertz CT molecular complexity index is 1320. The number of anilines is 3. The zero-order valence-electron chi connectivity index (χ0n) is 21.2. The molecule has 7 nitrogen and oxygen atoms in total. The molecule has 2 atom stereocenters. The van der Waals surface area contributed by atoms with E-state index in [4.69, 9.17) is 17.3 Å². The Morgan fingerprint density at radius 3 is 2.39 bits per heavy atom. The molecule has 3 amide bonds. The van der Waals surface area contributed by atoms with Crippen molar-refractivity contribution >= 4 is 52.5 Å². The monoisotopic (exact) mass is 530 g/mol. The van der Waals surface area contributed by atoms with E-state index in [-0.39, 0.29) is 23.6 Å². The molecular formula is C30H31ClN4O3. The number of nitrogens with two attached hydrogens (primary N) is 1. The maximum atomic E-state index is 13.4. The molecule has 1 heterocycles. The summed E-state index contributed by atoms with van der Waals surface area (Å²) in [5, 5.41) is 6.36. The maximum absolute atomic E-state index is 13.4. The van der Waals surface area contributed by atoms with Gasteiger partial charge in [-0.25, -0.2) is 0 Å². The standard InChI is InChI=1S/C30H31ClN4O3/c1-20(36)35-17-16-22(19-35)18-26(30(38)33-25-13-11-24(31)12-14-25)23-9-6-21(7-10-23)8-15-29(37)34-28-5-3-2-4-27(28)32/h2-15,22,26H,16-19,32H2,1H3,(H,33,38)(H,34,37)/b15-8+. The van der Waals surface area contributed by atoms with Crippen LogP contribution in [0.5, 0.6) is 0 Å². The first-order chi connectivity index (χ1) is 18.3. The average molecular weight is 531 g/mol. The van der Waals surface area contributed by atoms with Gasteiger partial charge in [0.2, 0.25) is 17.7 Å². The van der Waals surface area contributed by atoms with Gasteiger partial charge in [-0.05, 0) is 72.4 Å². The largest absolute Gasteiger partial charge is 0.397 e. The van der Waals surface area contributed by atoms with Crippen molar-refractivity contribution in [2.45, 2.75) is 25.7 Å². The Labute approximate surface area is 227 Å². The number of nitrogens with one attached hydrogen (secondary N) is 2. The Balaban J connectivity index is 1.47. The maximum Gasteiger partial charge on any atom is 0.248 e. The van der Waals surface area contributed by atoms with E-state index < -0.39 is 5.92 Å². The molecule has 3 aromatic carbocycles. The number of amides is 3. The summed E-state index contributed by atoms with van der Waals surface area (Å²) < 4.78 is 0. The van der Waals surface area contributed by atoms with Gasteiger partial charge in [0.15, 0.2) is 0 Å². The lowest BCUT2D eigenvalue weighted by atomic mass is 9.87. The van der Waals surface area contributed by atoms with Crippen LogP contribution in [0.1, 0.15) is 36.8 Å². The fourth-order valence-corrected chi connectivity index (χ4v) is 4.72. The molecule has 0 aliphatic carbocycles. The lowest BCUT2D eigenvalue weighted by Gasteiger charge is -2.21. The van der Waals surface area contributed by atoms with Gasteiger partial charge in [0.1, 0.15) is 0 Å². The number of nitrogen functional groups attached to an aromatic ring is 1. The van der Waals surface area contributed by atoms with Gasteiger partial charge in [-0.1, -0.05) is 48.0 Å². The molecule has 0 saturated carbocycles. The summed E-state index contributed by atoms with van der Waals surface area (Å²) >= 11 is 5.99. The van der Waals surface area contributed by atoms with E-state index in [1.807, 2.05) is 29.2 Å². The first-order valence-corrected chi connectivity index (χ1v) is 12.9. The van der Waals surface area contributed by atoms with E-state index in [1.54, 1.807) is 61.5 Å². The highest BCUT2D eigenvalue weighted by atomic mass is 35.5. The third-order valence-electron chi connectivity index (χ3n) is 6.71. The van der Waals surface area contributed by atoms with E-state index in [0.29, 0.717) is 41.6 Å². The van der Waals surface area contributed by atoms with Crippen LogP contribution in [0, 0.1) is 5.92 Å². The molecule has 0 aromatic heterocycles. The van der Waals surface area contributed by atoms with E-state index >= 15 is 0 Å². The minimum absolute atomic E-state index is 0.0600. The van der Waals surface area contributed by atoms with Gasteiger partial charge in [-0.3, -0.25) is 14.4 Å². The second-order valence-corrected chi connectivity index (χ2v) is 9.92. The zero-order valence-corrected chi connectivity index (χ0v) is 21.9. The number of carbonyl (C=O) groups excluding carboxylic acids is 3. The van der Waals surface area contributed by atoms with E-state index in [0.717, 1.165) is 17.5 Å². The van der Waals surface area contributed by atoms with Crippen LogP contribution in [-0.2, 0) is 14.4 Å². The van der Waals surface area contributed by atoms with Gasteiger partial charge in [0.05, 0.1) is 17.3 Å². The van der Waals surface area contributed by atoms with Crippen molar-refractivity contribution in [3.05, 3.63) is 95.0 Å². The Kier molecular flexibility index (Phi) is 8.81. The number of rotatable bonds is 8. The molecule has 1 fully saturated rings. The summed E-state index contributed by atoms with van der Waals surface area (Å²) in [4.78, 5) is 39.4. The molecule has 0 radical (unpaired) electrons. The smallest absolute Gasteiger partial charge is 0.248 e. The molecule has 2 unspecified atom stereocenters. The summed E-state index contributed by atoms with van der Waals surface area (Å²) in [7, 11) is 0. The van der Waals surface area contributed by atoms with Crippen molar-refractivity contribution < 1.29 is 14.4 Å². The Morgan fingerprint density at radius 2 is 1.74 bits per heavy atom. The number of para-hydroxylation sites is 2. The quantitative estimate of drug-likeness (QED) is 0.262. The van der Waals surface area contributed by atoms with Crippen LogP contribution >= 0.6 is 11.6 Å². The van der Waals surface area contributed by atoms with Gasteiger partial charge < -0.3 is 21.3 Å². The summed E-state index contributed by atoms with van der Waals surface area (Å²) in [6.45, 7) is 2.95. The number of benzene rings is 3. The van der Waals surface area contributed by atoms with Crippen LogP contribution in [0.3, 0.4) is 0 Å². The van der Waals surface area contributed by atoms with Gasteiger partial charge >= 0.3 is 0 Å². The SMILES string of the molecule is CC(=O)N1CCC(CC(C(=O)Nc2ccc(Cl)cc2)c2ccc(/C=C/C(=O)Nc3ccccc3N)cc2)C1. The van der Waals surface area contributed by atoms with E-state index in [1.165, 1.54) is 6.08 Å². The van der Waals surface area contributed by atoms with Crippen LogP contribution < -0.4 is 16.4 Å². The molecule has 4 rings (SSSR count). The lowest BCUT2D eigenvalue weighted by molar-refractivity contribution is -0.127. The molecule has 3 aromatic rings. The van der Waals surface area contributed by atoms with E-state index in [9.17, 15) is 14.4 Å². The lowest BCUT2D eigenvalue weighted by Crippen LogP contribution is -2.27. The second kappa shape index (κ2) is 12.4. The molecule has 196 valence electrons. The molecule has 38 heavy (non-hydrogen) atoms. The van der Waals surface area contributed by atoms with Crippen molar-refractivity contribution in [3.63, 3.8) is 0 Å². The fourth-order valence-electron chi connectivity index (χ4n) is 4.60. The minimum atomic E-state index is -0.398. The van der Waals surface area contributed by atoms with Crippen LogP contribution in [0.2, 0.25) is 5.02 Å². The van der Waals surface area contributed by atoms with Crippen LogP contribution in [0.25, 0.3) is 6.08 Å². The molecular weight excluding hydrogens is 500 g/mol. The topological polar surface area (TPSA) is 105 Å². The second-order valence-electron chi connectivity index (χ2n) is 9.48. The summed E-state index contributed by atoms with van der Waals surface area (Å²) in [6, 6.07) is 21.7. The molecule has 1 aliphatic heterocycles. The predicted molar refractivity (Wildman–Crippen MR) is 153 cm³/mol. The highest BCUT2D eigenvalue weighted by molar-refractivity contribution is 6.30. The van der Waals surface area contributed by atoms with Crippen LogP contribution in [0.15, 0.2) is 78.9 Å². The number of nitrogens with zero attached hydrogens (tertiary/aromatic N) is 1. The molecule has 0 bridgehead atoms. The summed E-state index contributed by atoms with van der Waals surface area (Å²) in [6.07, 6.45) is 4.65.